The number of ether oxygens (including phenoxy) is 1. The molecule has 2 fully saturated rings. The Kier molecular flexibility index (Phi) is 7.20. The van der Waals surface area contributed by atoms with Crippen LogP contribution in [0, 0.1) is 17.7 Å². The van der Waals surface area contributed by atoms with Crippen LogP contribution in [0.2, 0.25) is 0 Å². The minimum Gasteiger partial charge on any atom is -0.444 e. The van der Waals surface area contributed by atoms with Gasteiger partial charge in [-0.3, -0.25) is 4.79 Å². The van der Waals surface area contributed by atoms with Gasteiger partial charge in [0.05, 0.1) is 12.2 Å². The van der Waals surface area contributed by atoms with Gasteiger partial charge in [-0.2, -0.15) is 0 Å². The molecular formula is C30H40FN5O3. The zero-order valence-corrected chi connectivity index (χ0v) is 23.8. The Hall–Kier alpha value is -3.36. The lowest BCUT2D eigenvalue weighted by Gasteiger charge is -2.46. The molecule has 0 radical (unpaired) electrons. The van der Waals surface area contributed by atoms with E-state index >= 15 is 0 Å². The summed E-state index contributed by atoms with van der Waals surface area (Å²) in [5.74, 6) is 0.877. The summed E-state index contributed by atoms with van der Waals surface area (Å²) < 4.78 is 19.2. The van der Waals surface area contributed by atoms with Crippen molar-refractivity contribution in [2.24, 2.45) is 11.8 Å². The minimum absolute atomic E-state index is 0.0196. The molecule has 3 heterocycles. The summed E-state index contributed by atoms with van der Waals surface area (Å²) in [5.41, 5.74) is 2.46. The number of hydrogen-bond donors (Lipinski definition) is 1. The Morgan fingerprint density at radius 2 is 1.85 bits per heavy atom. The molecule has 3 aliphatic rings. The van der Waals surface area contributed by atoms with E-state index in [1.165, 1.54) is 12.3 Å². The van der Waals surface area contributed by atoms with Crippen LogP contribution in [0.4, 0.5) is 26.4 Å². The van der Waals surface area contributed by atoms with Crippen LogP contribution in [0.5, 0.6) is 0 Å². The van der Waals surface area contributed by atoms with Crippen molar-refractivity contribution in [3.05, 3.63) is 47.9 Å². The highest BCUT2D eigenvalue weighted by Gasteiger charge is 2.47. The number of benzene rings is 1. The van der Waals surface area contributed by atoms with Gasteiger partial charge in [0.25, 0.3) is 0 Å². The second-order valence-electron chi connectivity index (χ2n) is 12.3. The number of nitrogens with one attached hydrogen (secondary N) is 1. The summed E-state index contributed by atoms with van der Waals surface area (Å²) >= 11 is 0. The maximum atomic E-state index is 13.6. The number of nitrogens with zero attached hydrogens (tertiary/aromatic N) is 4. The van der Waals surface area contributed by atoms with E-state index in [-0.39, 0.29) is 41.9 Å². The smallest absolute Gasteiger partial charge is 0.410 e. The zero-order chi connectivity index (χ0) is 28.1. The summed E-state index contributed by atoms with van der Waals surface area (Å²) in [5, 5.41) is 3.57. The predicted molar refractivity (Wildman–Crippen MR) is 150 cm³/mol. The van der Waals surface area contributed by atoms with Gasteiger partial charge in [-0.15, -0.1) is 0 Å². The van der Waals surface area contributed by atoms with Gasteiger partial charge < -0.3 is 24.8 Å². The number of carbonyl (C=O) groups is 2. The van der Waals surface area contributed by atoms with Crippen molar-refractivity contribution < 1.29 is 18.7 Å². The van der Waals surface area contributed by atoms with Crippen molar-refractivity contribution >= 4 is 29.2 Å². The average Bonchev–Trinajstić information content (AvgIpc) is 3.70. The third kappa shape index (κ3) is 5.68. The average molecular weight is 538 g/mol. The molecule has 1 unspecified atom stereocenters. The molecule has 0 spiro atoms. The largest absolute Gasteiger partial charge is 0.444 e. The number of rotatable bonds is 4. The lowest BCUT2D eigenvalue weighted by Crippen LogP contribution is -2.55. The molecule has 1 saturated carbocycles. The molecule has 2 aromatic rings. The minimum atomic E-state index is -0.536. The highest BCUT2D eigenvalue weighted by molar-refractivity contribution is 5.94. The molecule has 9 heteroatoms. The molecular weight excluding hydrogens is 497 g/mol. The van der Waals surface area contributed by atoms with Gasteiger partial charge in [0.2, 0.25) is 5.91 Å². The van der Waals surface area contributed by atoms with Crippen LogP contribution in [0.3, 0.4) is 0 Å². The van der Waals surface area contributed by atoms with Gasteiger partial charge in [-0.25, -0.2) is 14.2 Å². The van der Waals surface area contributed by atoms with Crippen molar-refractivity contribution in [3.8, 4) is 0 Å². The van der Waals surface area contributed by atoms with Crippen LogP contribution in [-0.4, -0.2) is 59.2 Å². The number of carbonyl (C=O) groups excluding carboxylic acids is 2. The molecule has 2 aliphatic heterocycles. The lowest BCUT2D eigenvalue weighted by atomic mass is 9.79. The maximum absolute atomic E-state index is 13.6. The van der Waals surface area contributed by atoms with Crippen molar-refractivity contribution in [1.82, 2.24) is 9.88 Å². The fraction of sp³-hybridized carbons (Fsp3) is 0.567. The molecule has 8 nitrogen and oxygen atoms in total. The van der Waals surface area contributed by atoms with Crippen LogP contribution in [0.1, 0.15) is 66.0 Å². The first-order chi connectivity index (χ1) is 18.4. The fourth-order valence-corrected chi connectivity index (χ4v) is 6.15. The monoisotopic (exact) mass is 537 g/mol. The van der Waals surface area contributed by atoms with Crippen LogP contribution >= 0.6 is 0 Å². The van der Waals surface area contributed by atoms with E-state index in [1.807, 2.05) is 32.6 Å². The van der Waals surface area contributed by atoms with E-state index in [0.717, 1.165) is 29.8 Å². The van der Waals surface area contributed by atoms with Gasteiger partial charge >= 0.3 is 6.09 Å². The summed E-state index contributed by atoms with van der Waals surface area (Å²) in [6, 6.07) is 9.35. The van der Waals surface area contributed by atoms with Crippen molar-refractivity contribution in [3.63, 3.8) is 0 Å². The Morgan fingerprint density at radius 3 is 2.44 bits per heavy atom. The van der Waals surface area contributed by atoms with E-state index < -0.39 is 5.60 Å². The molecule has 1 aliphatic carbocycles. The third-order valence-corrected chi connectivity index (χ3v) is 8.06. The summed E-state index contributed by atoms with van der Waals surface area (Å²) in [6.45, 7) is 13.4. The van der Waals surface area contributed by atoms with E-state index in [2.05, 4.69) is 40.3 Å². The van der Waals surface area contributed by atoms with Crippen molar-refractivity contribution in [2.45, 2.75) is 78.1 Å². The van der Waals surface area contributed by atoms with Gasteiger partial charge in [0.15, 0.2) is 0 Å². The first kappa shape index (κ1) is 27.2. The van der Waals surface area contributed by atoms with E-state index in [4.69, 9.17) is 4.74 Å². The Bertz CT molecular complexity index is 1230. The van der Waals surface area contributed by atoms with Crippen LogP contribution in [-0.2, 0) is 9.53 Å². The van der Waals surface area contributed by atoms with Crippen molar-refractivity contribution in [1.29, 1.82) is 0 Å². The van der Waals surface area contributed by atoms with Gasteiger partial charge in [-0.1, -0.05) is 6.92 Å². The lowest BCUT2D eigenvalue weighted by molar-refractivity contribution is -0.117. The second kappa shape index (κ2) is 10.3. The first-order valence-corrected chi connectivity index (χ1v) is 14.0. The van der Waals surface area contributed by atoms with Crippen LogP contribution < -0.4 is 15.1 Å². The predicted octanol–water partition coefficient (Wildman–Crippen LogP) is 5.60. The number of amides is 2. The molecule has 1 aromatic carbocycles. The molecule has 0 bridgehead atoms. The molecule has 4 atom stereocenters. The maximum Gasteiger partial charge on any atom is 0.410 e. The molecule has 1 aromatic heterocycles. The highest BCUT2D eigenvalue weighted by atomic mass is 19.1. The third-order valence-electron chi connectivity index (χ3n) is 8.06. The summed E-state index contributed by atoms with van der Waals surface area (Å²) in [6.07, 6.45) is 3.17. The highest BCUT2D eigenvalue weighted by Crippen LogP contribution is 2.50. The topological polar surface area (TPSA) is 78.0 Å². The van der Waals surface area contributed by atoms with Crippen LogP contribution in [0.25, 0.3) is 0 Å². The van der Waals surface area contributed by atoms with Gasteiger partial charge in [0, 0.05) is 61.5 Å². The SMILES string of the molecule is CC(=O)N1c2ccc(N3CCN(C(=O)OC(C)(C)C)C(C)C3)cc2[C@H](Nc2ccc(F)cn2)[C@@H](C)[C@@H]1C1CC1. The Balaban J connectivity index is 1.45. The molecule has 210 valence electrons. The molecule has 1 saturated heterocycles. The Morgan fingerprint density at radius 1 is 1.10 bits per heavy atom. The van der Waals surface area contributed by atoms with Crippen LogP contribution in [0.15, 0.2) is 36.5 Å². The first-order valence-electron chi connectivity index (χ1n) is 14.0. The standard InChI is InChI=1S/C30H40FN5O3/c1-18-17-34(13-14-35(18)29(38)39-30(4,5)6)23-10-11-25-24(15-23)27(33-26-12-9-22(31)16-32-26)19(2)28(21-7-8-21)36(25)20(3)37/h9-12,15-16,18-19,21,27-28H,7-8,13-14,17H2,1-6H3,(H,32,33)/t18?,19-,27-,28-/m1/s1. The number of aromatic nitrogens is 1. The quantitative estimate of drug-likeness (QED) is 0.547. The molecule has 39 heavy (non-hydrogen) atoms. The zero-order valence-electron chi connectivity index (χ0n) is 23.8. The van der Waals surface area contributed by atoms with E-state index in [9.17, 15) is 14.0 Å². The van der Waals surface area contributed by atoms with E-state index in [1.54, 1.807) is 17.9 Å². The molecule has 2 amide bonds. The van der Waals surface area contributed by atoms with Gasteiger partial charge in [-0.05, 0) is 76.8 Å². The number of halogens is 1. The number of hydrogen-bond acceptors (Lipinski definition) is 6. The number of piperazine rings is 1. The molecule has 5 rings (SSSR count). The molecule has 1 N–H and O–H groups in total. The fourth-order valence-electron chi connectivity index (χ4n) is 6.15. The summed E-state index contributed by atoms with van der Waals surface area (Å²) in [4.78, 5) is 36.0. The van der Waals surface area contributed by atoms with E-state index in [0.29, 0.717) is 31.4 Å². The van der Waals surface area contributed by atoms with Crippen molar-refractivity contribution in [2.75, 3.05) is 34.8 Å². The summed E-state index contributed by atoms with van der Waals surface area (Å²) in [7, 11) is 0. The van der Waals surface area contributed by atoms with Gasteiger partial charge in [0.1, 0.15) is 17.2 Å². The second-order valence-corrected chi connectivity index (χ2v) is 12.3. The Labute approximate surface area is 230 Å². The number of pyridine rings is 1. The number of fused-ring (bicyclic) bond motifs is 1. The normalized spacial score (nSPS) is 25.3. The number of anilines is 3.